The Kier molecular flexibility index (Phi) is 6.94. The van der Waals surface area contributed by atoms with Gasteiger partial charge >= 0.3 is 6.09 Å². The molecule has 202 valence electrons. The number of rotatable bonds is 7. The molecule has 0 radical (unpaired) electrons. The van der Waals surface area contributed by atoms with Crippen molar-refractivity contribution >= 4 is 17.7 Å². The number of amides is 1. The van der Waals surface area contributed by atoms with E-state index in [4.69, 9.17) is 42.9 Å². The van der Waals surface area contributed by atoms with Gasteiger partial charge in [-0.2, -0.15) is 0 Å². The van der Waals surface area contributed by atoms with Gasteiger partial charge in [0.15, 0.2) is 23.0 Å². The predicted octanol–water partition coefficient (Wildman–Crippen LogP) is 3.88. The average Bonchev–Trinajstić information content (AvgIpc) is 3.59. The number of carbonyl (C=O) groups is 1. The number of fused-ring (bicyclic) bond motifs is 2. The van der Waals surface area contributed by atoms with E-state index in [1.165, 1.54) is 12.0 Å². The minimum Gasteiger partial charge on any atom is -0.493 e. The molecule has 0 saturated carbocycles. The van der Waals surface area contributed by atoms with Crippen LogP contribution in [-0.2, 0) is 14.2 Å². The second kappa shape index (κ2) is 10.3. The highest BCUT2D eigenvalue weighted by atomic mass is 16.7. The van der Waals surface area contributed by atoms with Crippen LogP contribution in [0, 0.1) is 0 Å². The van der Waals surface area contributed by atoms with Crippen molar-refractivity contribution in [3.05, 3.63) is 46.7 Å². The van der Waals surface area contributed by atoms with Gasteiger partial charge < -0.3 is 37.9 Å². The molecule has 0 bridgehead atoms. The molecule has 3 heterocycles. The molecule has 38 heavy (non-hydrogen) atoms. The largest absolute Gasteiger partial charge is 0.493 e. The van der Waals surface area contributed by atoms with Crippen LogP contribution in [0.1, 0.15) is 24.0 Å². The van der Waals surface area contributed by atoms with E-state index in [0.717, 1.165) is 11.1 Å². The summed E-state index contributed by atoms with van der Waals surface area (Å²) in [5.74, 6) is 2.51. The third-order valence-electron chi connectivity index (χ3n) is 6.77. The van der Waals surface area contributed by atoms with Gasteiger partial charge in [-0.3, -0.25) is 0 Å². The first-order chi connectivity index (χ1) is 18.4. The zero-order valence-corrected chi connectivity index (χ0v) is 22.2. The van der Waals surface area contributed by atoms with Crippen LogP contribution in [0.25, 0.3) is 0 Å². The summed E-state index contributed by atoms with van der Waals surface area (Å²) in [6.07, 6.45) is -0.560. The molecule has 11 nitrogen and oxygen atoms in total. The lowest BCUT2D eigenvalue weighted by atomic mass is 9.79. The van der Waals surface area contributed by atoms with Crippen LogP contribution in [0.15, 0.2) is 40.5 Å². The van der Waals surface area contributed by atoms with Gasteiger partial charge in [0.25, 0.3) is 0 Å². The van der Waals surface area contributed by atoms with Crippen LogP contribution in [0.4, 0.5) is 10.5 Å². The first-order valence-corrected chi connectivity index (χ1v) is 12.0. The molecule has 2 atom stereocenters. The Bertz CT molecular complexity index is 1290. The van der Waals surface area contributed by atoms with Crippen molar-refractivity contribution in [2.75, 3.05) is 60.5 Å². The Morgan fingerprint density at radius 1 is 0.974 bits per heavy atom. The van der Waals surface area contributed by atoms with Gasteiger partial charge in [0.1, 0.15) is 12.6 Å². The zero-order valence-electron chi connectivity index (χ0n) is 22.2. The number of hydrogen-bond donors (Lipinski definition) is 0. The molecular formula is C27H30N2O9. The monoisotopic (exact) mass is 526 g/mol. The number of benzene rings is 2. The lowest BCUT2D eigenvalue weighted by Crippen LogP contribution is -2.36. The first kappa shape index (κ1) is 25.5. The third kappa shape index (κ3) is 4.12. The third-order valence-corrected chi connectivity index (χ3v) is 6.77. The maximum atomic E-state index is 13.1. The SMILES string of the molecule is COC[C@@H]1COC(C2=C(C)N(C(=O)OC)c3cc4c(cc3[C@H]2c2cc(OC)c(OC)c(OC)c2)OCO4)=N1. The number of anilines is 1. The number of allylic oxidation sites excluding steroid dienone is 1. The van der Waals surface area contributed by atoms with Gasteiger partial charge in [-0.25, -0.2) is 14.7 Å². The van der Waals surface area contributed by atoms with E-state index in [1.807, 2.05) is 25.1 Å². The summed E-state index contributed by atoms with van der Waals surface area (Å²) in [5, 5.41) is 0. The summed E-state index contributed by atoms with van der Waals surface area (Å²) in [6.45, 7) is 2.67. The molecule has 5 rings (SSSR count). The molecule has 3 aliphatic rings. The van der Waals surface area contributed by atoms with Gasteiger partial charge in [-0.05, 0) is 36.2 Å². The minimum absolute atomic E-state index is 0.0824. The second-order valence-electron chi connectivity index (χ2n) is 8.81. The van der Waals surface area contributed by atoms with Crippen LogP contribution in [0.5, 0.6) is 28.7 Å². The van der Waals surface area contributed by atoms with Crippen LogP contribution in [0.3, 0.4) is 0 Å². The number of methoxy groups -OCH3 is 5. The number of ether oxygens (including phenoxy) is 8. The second-order valence-corrected chi connectivity index (χ2v) is 8.81. The van der Waals surface area contributed by atoms with Crippen molar-refractivity contribution in [3.8, 4) is 28.7 Å². The van der Waals surface area contributed by atoms with Crippen LogP contribution in [-0.4, -0.2) is 73.6 Å². The summed E-state index contributed by atoms with van der Waals surface area (Å²) in [6, 6.07) is 7.23. The van der Waals surface area contributed by atoms with E-state index in [0.29, 0.717) is 64.8 Å². The molecule has 3 aliphatic heterocycles. The lowest BCUT2D eigenvalue weighted by Gasteiger charge is -2.36. The van der Waals surface area contributed by atoms with E-state index < -0.39 is 12.0 Å². The summed E-state index contributed by atoms with van der Waals surface area (Å²) >= 11 is 0. The van der Waals surface area contributed by atoms with Crippen LogP contribution < -0.4 is 28.6 Å². The van der Waals surface area contributed by atoms with Crippen molar-refractivity contribution in [2.45, 2.75) is 18.9 Å². The van der Waals surface area contributed by atoms with Crippen molar-refractivity contribution in [1.29, 1.82) is 0 Å². The maximum Gasteiger partial charge on any atom is 0.418 e. The molecule has 0 aromatic heterocycles. The quantitative estimate of drug-likeness (QED) is 0.531. The lowest BCUT2D eigenvalue weighted by molar-refractivity contribution is 0.164. The Balaban J connectivity index is 1.80. The van der Waals surface area contributed by atoms with Crippen molar-refractivity contribution in [3.63, 3.8) is 0 Å². The fraction of sp³-hybridized carbons (Fsp3) is 0.407. The zero-order chi connectivity index (χ0) is 27.0. The first-order valence-electron chi connectivity index (χ1n) is 12.0. The Hall–Kier alpha value is -4.12. The number of nitrogens with zero attached hydrogens (tertiary/aromatic N) is 2. The van der Waals surface area contributed by atoms with Gasteiger partial charge in [0.05, 0.1) is 40.7 Å². The highest BCUT2D eigenvalue weighted by Gasteiger charge is 2.42. The molecule has 0 N–H and O–H groups in total. The molecule has 11 heteroatoms. The highest BCUT2D eigenvalue weighted by molar-refractivity contribution is 6.04. The fourth-order valence-electron chi connectivity index (χ4n) is 5.10. The van der Waals surface area contributed by atoms with E-state index in [1.54, 1.807) is 34.5 Å². The Labute approximate surface area is 220 Å². The average molecular weight is 527 g/mol. The Morgan fingerprint density at radius 3 is 2.26 bits per heavy atom. The van der Waals surface area contributed by atoms with Crippen molar-refractivity contribution in [1.82, 2.24) is 0 Å². The van der Waals surface area contributed by atoms with Crippen LogP contribution in [0.2, 0.25) is 0 Å². The maximum absolute atomic E-state index is 13.1. The molecular weight excluding hydrogens is 496 g/mol. The normalized spacial score (nSPS) is 19.5. The molecule has 2 aromatic carbocycles. The molecule has 0 spiro atoms. The number of aliphatic imine (C=N–C) groups is 1. The molecule has 1 amide bonds. The standard InChI is InChI=1S/C27H30N2O9/c1-14-23(26-28-16(11-31-2)12-36-26)24(15-7-21(32-3)25(34-5)22(8-15)33-4)17-9-19-20(38-13-37-19)10-18(17)29(14)27(30)35-6/h7-10,16,24H,11-13H2,1-6H3/t16-,24-/m1/s1. The highest BCUT2D eigenvalue weighted by Crippen LogP contribution is 2.52. The van der Waals surface area contributed by atoms with E-state index >= 15 is 0 Å². The Morgan fingerprint density at radius 2 is 1.66 bits per heavy atom. The summed E-state index contributed by atoms with van der Waals surface area (Å²) < 4.78 is 44.8. The minimum atomic E-state index is -0.560. The fourth-order valence-corrected chi connectivity index (χ4v) is 5.10. The predicted molar refractivity (Wildman–Crippen MR) is 137 cm³/mol. The van der Waals surface area contributed by atoms with Gasteiger partial charge in [-0.15, -0.1) is 0 Å². The molecule has 0 fully saturated rings. The van der Waals surface area contributed by atoms with E-state index in [2.05, 4.69) is 0 Å². The smallest absolute Gasteiger partial charge is 0.418 e. The summed E-state index contributed by atoms with van der Waals surface area (Å²) in [5.41, 5.74) is 3.44. The van der Waals surface area contributed by atoms with Gasteiger partial charge in [0.2, 0.25) is 18.4 Å². The van der Waals surface area contributed by atoms with E-state index in [-0.39, 0.29) is 12.8 Å². The number of hydrogen-bond acceptors (Lipinski definition) is 10. The van der Waals surface area contributed by atoms with Gasteiger partial charge in [-0.1, -0.05) is 0 Å². The molecule has 0 aliphatic carbocycles. The number of carbonyl (C=O) groups excluding carboxylic acids is 1. The van der Waals surface area contributed by atoms with Crippen LogP contribution >= 0.6 is 0 Å². The summed E-state index contributed by atoms with van der Waals surface area (Å²) in [7, 11) is 7.64. The van der Waals surface area contributed by atoms with Gasteiger partial charge in [0, 0.05) is 30.4 Å². The van der Waals surface area contributed by atoms with Crippen molar-refractivity contribution < 1.29 is 42.7 Å². The van der Waals surface area contributed by atoms with E-state index in [9.17, 15) is 4.79 Å². The summed E-state index contributed by atoms with van der Waals surface area (Å²) in [4.78, 5) is 19.4. The molecule has 2 aromatic rings. The topological polar surface area (TPSA) is 107 Å². The van der Waals surface area contributed by atoms with Crippen molar-refractivity contribution in [2.24, 2.45) is 4.99 Å². The molecule has 0 saturated heterocycles. The molecule has 0 unspecified atom stereocenters.